The molecule has 0 bridgehead atoms. The molecule has 31 heavy (non-hydrogen) atoms. The van der Waals surface area contributed by atoms with Crippen LogP contribution in [0.25, 0.3) is 0 Å². The zero-order valence-electron chi connectivity index (χ0n) is 18.5. The van der Waals surface area contributed by atoms with E-state index in [4.69, 9.17) is 0 Å². The molecule has 1 aliphatic heterocycles. The molecule has 1 atom stereocenters. The highest BCUT2D eigenvalue weighted by molar-refractivity contribution is 7.14. The lowest BCUT2D eigenvalue weighted by atomic mass is 9.93. The number of hydrogen-bond donors (Lipinski definition) is 1. The van der Waals surface area contributed by atoms with Gasteiger partial charge in [0.25, 0.3) is 0 Å². The van der Waals surface area contributed by atoms with E-state index in [1.54, 1.807) is 11.0 Å². The molecule has 2 aliphatic rings. The van der Waals surface area contributed by atoms with Gasteiger partial charge < -0.3 is 10.2 Å². The minimum atomic E-state index is -0.151. The van der Waals surface area contributed by atoms with Crippen molar-refractivity contribution in [2.45, 2.75) is 83.6 Å². The number of likely N-dealkylation sites (tertiary alicyclic amines) is 1. The third-order valence-corrected chi connectivity index (χ3v) is 7.40. The Morgan fingerprint density at radius 3 is 2.42 bits per heavy atom. The summed E-state index contributed by atoms with van der Waals surface area (Å²) in [4.78, 5) is 53.1. The van der Waals surface area contributed by atoms with Gasteiger partial charge in [-0.1, -0.05) is 19.3 Å². The lowest BCUT2D eigenvalue weighted by molar-refractivity contribution is -0.137. The first-order chi connectivity index (χ1) is 14.9. The Kier molecular flexibility index (Phi) is 8.81. The maximum Gasteiger partial charge on any atom is 0.225 e. The average Bonchev–Trinajstić information content (AvgIpc) is 3.23. The number of thiophene rings is 1. The normalized spacial score (nSPS) is 19.8. The van der Waals surface area contributed by atoms with Gasteiger partial charge in [-0.15, -0.1) is 11.3 Å². The van der Waals surface area contributed by atoms with Crippen LogP contribution in [0.4, 0.5) is 0 Å². The quantitative estimate of drug-likeness (QED) is 0.580. The molecule has 1 N–H and O–H groups in total. The Bertz CT molecular complexity index is 797. The number of nitrogens with zero attached hydrogens (tertiary/aromatic N) is 1. The van der Waals surface area contributed by atoms with Crippen molar-refractivity contribution >= 4 is 34.7 Å². The minimum absolute atomic E-state index is 0.0133. The number of ketones is 2. The van der Waals surface area contributed by atoms with Crippen LogP contribution >= 0.6 is 11.3 Å². The number of piperidine rings is 1. The summed E-state index contributed by atoms with van der Waals surface area (Å²) in [6.45, 7) is 3.04. The molecule has 1 aromatic heterocycles. The number of carbonyl (C=O) groups excluding carboxylic acids is 4. The van der Waals surface area contributed by atoms with Gasteiger partial charge in [0.1, 0.15) is 5.78 Å². The Hall–Kier alpha value is -2.02. The molecule has 6 nitrogen and oxygen atoms in total. The average molecular weight is 447 g/mol. The molecule has 0 aromatic carbocycles. The second-order valence-electron chi connectivity index (χ2n) is 8.89. The van der Waals surface area contributed by atoms with Crippen LogP contribution in [0.5, 0.6) is 0 Å². The third kappa shape index (κ3) is 7.27. The van der Waals surface area contributed by atoms with Crippen molar-refractivity contribution in [3.8, 4) is 0 Å². The van der Waals surface area contributed by atoms with Gasteiger partial charge in [-0.3, -0.25) is 19.2 Å². The topological polar surface area (TPSA) is 83.6 Å². The molecule has 7 heteroatoms. The Morgan fingerprint density at radius 1 is 0.968 bits per heavy atom. The molecule has 0 unspecified atom stereocenters. The lowest BCUT2D eigenvalue weighted by Gasteiger charge is -2.33. The SMILES string of the molecule is Cc1ccc(C(=O)CCC(=O)CCC(=O)N2CCC[C@H](C(=O)NC3CCCCC3)C2)s1. The van der Waals surface area contributed by atoms with Crippen molar-refractivity contribution in [1.29, 1.82) is 0 Å². The fraction of sp³-hybridized carbons (Fsp3) is 0.667. The Balaban J connectivity index is 1.37. The molecular weight excluding hydrogens is 412 g/mol. The molecule has 2 fully saturated rings. The van der Waals surface area contributed by atoms with Crippen molar-refractivity contribution in [3.05, 3.63) is 21.9 Å². The first kappa shape index (κ1) is 23.6. The molecule has 1 saturated heterocycles. The molecular formula is C24H34N2O4S. The molecule has 1 aliphatic carbocycles. The third-order valence-electron chi connectivity index (χ3n) is 6.36. The molecule has 0 spiro atoms. The fourth-order valence-corrected chi connectivity index (χ4v) is 5.31. The van der Waals surface area contributed by atoms with E-state index in [1.165, 1.54) is 30.6 Å². The highest BCUT2D eigenvalue weighted by atomic mass is 32.1. The summed E-state index contributed by atoms with van der Waals surface area (Å²) in [5.74, 6) is -0.215. The number of hydrogen-bond acceptors (Lipinski definition) is 5. The van der Waals surface area contributed by atoms with Crippen LogP contribution in [-0.4, -0.2) is 47.4 Å². The maximum absolute atomic E-state index is 12.6. The van der Waals surface area contributed by atoms with Crippen molar-refractivity contribution in [2.24, 2.45) is 5.92 Å². The van der Waals surface area contributed by atoms with Gasteiger partial charge in [-0.05, 0) is 44.7 Å². The maximum atomic E-state index is 12.6. The highest BCUT2D eigenvalue weighted by Crippen LogP contribution is 2.22. The molecule has 1 saturated carbocycles. The summed E-state index contributed by atoms with van der Waals surface area (Å²) in [5.41, 5.74) is 0. The van der Waals surface area contributed by atoms with Crippen LogP contribution in [0.2, 0.25) is 0 Å². The summed E-state index contributed by atoms with van der Waals surface area (Å²) in [6.07, 6.45) is 8.01. The number of Topliss-reactive ketones (excluding diaryl/α,β-unsaturated/α-hetero) is 2. The summed E-state index contributed by atoms with van der Waals surface area (Å²) in [7, 11) is 0. The van der Waals surface area contributed by atoms with Crippen LogP contribution in [0.1, 0.15) is 85.2 Å². The summed E-state index contributed by atoms with van der Waals surface area (Å²) in [6, 6.07) is 3.98. The molecule has 3 rings (SSSR count). The molecule has 0 radical (unpaired) electrons. The highest BCUT2D eigenvalue weighted by Gasteiger charge is 2.29. The van der Waals surface area contributed by atoms with E-state index in [0.717, 1.165) is 30.6 Å². The number of carbonyl (C=O) groups is 4. The van der Waals surface area contributed by atoms with Gasteiger partial charge in [0, 0.05) is 49.7 Å². The first-order valence-electron chi connectivity index (χ1n) is 11.6. The van der Waals surface area contributed by atoms with E-state index >= 15 is 0 Å². The van der Waals surface area contributed by atoms with Crippen LogP contribution in [0.15, 0.2) is 12.1 Å². The van der Waals surface area contributed by atoms with Crippen LogP contribution in [-0.2, 0) is 14.4 Å². The van der Waals surface area contributed by atoms with Crippen molar-refractivity contribution in [2.75, 3.05) is 13.1 Å². The standard InChI is InChI=1S/C24H34N2O4S/c1-17-9-13-22(31-17)21(28)12-10-20(27)11-14-23(29)26-15-5-6-18(16-26)24(30)25-19-7-3-2-4-8-19/h9,13,18-19H,2-8,10-12,14-16H2,1H3,(H,25,30)/t18-/m0/s1. The van der Waals surface area contributed by atoms with Crippen LogP contribution in [0, 0.1) is 12.8 Å². The summed E-state index contributed by atoms with van der Waals surface area (Å²) >= 11 is 1.44. The Labute approximate surface area is 188 Å². The zero-order chi connectivity index (χ0) is 22.2. The molecule has 170 valence electrons. The fourth-order valence-electron chi connectivity index (χ4n) is 4.47. The van der Waals surface area contributed by atoms with Gasteiger partial charge in [0.05, 0.1) is 10.8 Å². The van der Waals surface area contributed by atoms with Gasteiger partial charge in [-0.25, -0.2) is 0 Å². The first-order valence-corrected chi connectivity index (χ1v) is 12.4. The van der Waals surface area contributed by atoms with Crippen molar-refractivity contribution in [3.63, 3.8) is 0 Å². The summed E-state index contributed by atoms with van der Waals surface area (Å²) in [5, 5.41) is 3.18. The van der Waals surface area contributed by atoms with Crippen LogP contribution in [0.3, 0.4) is 0 Å². The van der Waals surface area contributed by atoms with E-state index in [2.05, 4.69) is 5.32 Å². The second kappa shape index (κ2) is 11.6. The number of amides is 2. The number of aryl methyl sites for hydroxylation is 1. The van der Waals surface area contributed by atoms with Crippen molar-refractivity contribution in [1.82, 2.24) is 10.2 Å². The smallest absolute Gasteiger partial charge is 0.225 e. The zero-order valence-corrected chi connectivity index (χ0v) is 19.3. The lowest BCUT2D eigenvalue weighted by Crippen LogP contribution is -2.48. The number of nitrogens with one attached hydrogen (secondary N) is 1. The molecule has 2 amide bonds. The van der Waals surface area contributed by atoms with Gasteiger partial charge in [0.2, 0.25) is 11.8 Å². The minimum Gasteiger partial charge on any atom is -0.353 e. The Morgan fingerprint density at radius 2 is 1.71 bits per heavy atom. The van der Waals surface area contributed by atoms with Crippen LogP contribution < -0.4 is 5.32 Å². The second-order valence-corrected chi connectivity index (χ2v) is 10.2. The monoisotopic (exact) mass is 446 g/mol. The van der Waals surface area contributed by atoms with Gasteiger partial charge in [-0.2, -0.15) is 0 Å². The van der Waals surface area contributed by atoms with Gasteiger partial charge in [0.15, 0.2) is 5.78 Å². The van der Waals surface area contributed by atoms with Crippen molar-refractivity contribution < 1.29 is 19.2 Å². The summed E-state index contributed by atoms with van der Waals surface area (Å²) < 4.78 is 0. The van der Waals surface area contributed by atoms with E-state index in [0.29, 0.717) is 18.0 Å². The predicted molar refractivity (Wildman–Crippen MR) is 121 cm³/mol. The van der Waals surface area contributed by atoms with Gasteiger partial charge >= 0.3 is 0 Å². The predicted octanol–water partition coefficient (Wildman–Crippen LogP) is 4.06. The molecule has 2 heterocycles. The van der Waals surface area contributed by atoms with E-state index in [1.807, 2.05) is 13.0 Å². The van der Waals surface area contributed by atoms with E-state index in [9.17, 15) is 19.2 Å². The molecule has 1 aromatic rings. The van der Waals surface area contributed by atoms with E-state index < -0.39 is 0 Å². The van der Waals surface area contributed by atoms with E-state index in [-0.39, 0.29) is 61.0 Å². The largest absolute Gasteiger partial charge is 0.353 e. The number of rotatable bonds is 9.